The van der Waals surface area contributed by atoms with Gasteiger partial charge in [0.2, 0.25) is 0 Å². The van der Waals surface area contributed by atoms with Crippen molar-refractivity contribution in [1.29, 1.82) is 0 Å². The monoisotopic (exact) mass is 299 g/mol. The molecule has 0 radical (unpaired) electrons. The van der Waals surface area contributed by atoms with Gasteiger partial charge >= 0.3 is 5.97 Å². The summed E-state index contributed by atoms with van der Waals surface area (Å²) in [5, 5.41) is 3.11. The molecule has 1 rings (SSSR count). The van der Waals surface area contributed by atoms with E-state index in [1.54, 1.807) is 27.0 Å². The largest absolute Gasteiger partial charge is 0.479 e. The second-order valence-electron chi connectivity index (χ2n) is 4.76. The van der Waals surface area contributed by atoms with Gasteiger partial charge in [-0.3, -0.25) is 0 Å². The van der Waals surface area contributed by atoms with Crippen molar-refractivity contribution < 1.29 is 23.4 Å². The van der Waals surface area contributed by atoms with Crippen molar-refractivity contribution in [2.45, 2.75) is 26.5 Å². The third kappa shape index (κ3) is 7.06. The van der Waals surface area contributed by atoms with Crippen LogP contribution in [0.1, 0.15) is 19.4 Å². The van der Waals surface area contributed by atoms with Crippen LogP contribution in [0.25, 0.3) is 0 Å². The molecule has 0 spiro atoms. The predicted octanol–water partition coefficient (Wildman–Crippen LogP) is 1.89. The molecule has 1 aromatic carbocycles. The van der Waals surface area contributed by atoms with E-state index in [2.05, 4.69) is 5.32 Å². The predicted molar refractivity (Wildman–Crippen MR) is 76.7 cm³/mol. The first-order valence-corrected chi connectivity index (χ1v) is 6.83. The van der Waals surface area contributed by atoms with Crippen LogP contribution in [-0.2, 0) is 20.8 Å². The number of hydrogen-bond acceptors (Lipinski definition) is 5. The van der Waals surface area contributed by atoms with Gasteiger partial charge in [0.1, 0.15) is 0 Å². The standard InChI is InChI=1S/C15H22FNO4/c1-11(2)21-15(18)10-20-14-5-4-12(8-13(14)16)9-17-6-7-19-3/h4-5,8,11,17H,6-7,9-10H2,1-3H3. The minimum absolute atomic E-state index is 0.0383. The highest BCUT2D eigenvalue weighted by Gasteiger charge is 2.10. The van der Waals surface area contributed by atoms with Gasteiger partial charge in [0.05, 0.1) is 12.7 Å². The second kappa shape index (κ2) is 9.31. The fourth-order valence-electron chi connectivity index (χ4n) is 1.61. The molecule has 0 fully saturated rings. The van der Waals surface area contributed by atoms with Crippen molar-refractivity contribution in [2.24, 2.45) is 0 Å². The Balaban J connectivity index is 2.44. The molecular formula is C15H22FNO4. The molecule has 118 valence electrons. The van der Waals surface area contributed by atoms with Gasteiger partial charge in [0, 0.05) is 20.2 Å². The molecule has 5 nitrogen and oxygen atoms in total. The normalized spacial score (nSPS) is 10.7. The third-order valence-corrected chi connectivity index (χ3v) is 2.52. The molecular weight excluding hydrogens is 277 g/mol. The van der Waals surface area contributed by atoms with E-state index in [1.807, 2.05) is 0 Å². The van der Waals surface area contributed by atoms with Crippen molar-refractivity contribution in [2.75, 3.05) is 26.9 Å². The molecule has 0 amide bonds. The smallest absolute Gasteiger partial charge is 0.344 e. The molecule has 0 aliphatic carbocycles. The van der Waals surface area contributed by atoms with Crippen LogP contribution in [0.2, 0.25) is 0 Å². The first kappa shape index (κ1) is 17.4. The third-order valence-electron chi connectivity index (χ3n) is 2.52. The van der Waals surface area contributed by atoms with E-state index in [9.17, 15) is 9.18 Å². The van der Waals surface area contributed by atoms with Crippen molar-refractivity contribution in [3.8, 4) is 5.75 Å². The maximum Gasteiger partial charge on any atom is 0.344 e. The number of carbonyl (C=O) groups excluding carboxylic acids is 1. The Morgan fingerprint density at radius 1 is 1.38 bits per heavy atom. The molecule has 0 saturated heterocycles. The fourth-order valence-corrected chi connectivity index (χ4v) is 1.61. The molecule has 6 heteroatoms. The highest BCUT2D eigenvalue weighted by molar-refractivity contribution is 5.71. The topological polar surface area (TPSA) is 56.8 Å². The molecule has 0 aromatic heterocycles. The summed E-state index contributed by atoms with van der Waals surface area (Å²) in [5.41, 5.74) is 0.792. The lowest BCUT2D eigenvalue weighted by molar-refractivity contribution is -0.149. The number of halogens is 1. The van der Waals surface area contributed by atoms with E-state index in [0.29, 0.717) is 19.7 Å². The number of benzene rings is 1. The van der Waals surface area contributed by atoms with Gasteiger partial charge in [-0.2, -0.15) is 0 Å². The first-order valence-electron chi connectivity index (χ1n) is 6.83. The Morgan fingerprint density at radius 2 is 2.14 bits per heavy atom. The van der Waals surface area contributed by atoms with Crippen molar-refractivity contribution in [1.82, 2.24) is 5.32 Å². The molecule has 0 aliphatic heterocycles. The molecule has 0 saturated carbocycles. The van der Waals surface area contributed by atoms with Crippen LogP contribution in [0.4, 0.5) is 4.39 Å². The van der Waals surface area contributed by atoms with E-state index in [-0.39, 0.29) is 18.5 Å². The highest BCUT2D eigenvalue weighted by Crippen LogP contribution is 2.18. The number of ether oxygens (including phenoxy) is 3. The molecule has 0 atom stereocenters. The summed E-state index contributed by atoms with van der Waals surface area (Å²) in [4.78, 5) is 11.3. The van der Waals surface area contributed by atoms with Crippen LogP contribution < -0.4 is 10.1 Å². The van der Waals surface area contributed by atoms with Gasteiger partial charge in [-0.25, -0.2) is 9.18 Å². The molecule has 0 bridgehead atoms. The zero-order valence-electron chi connectivity index (χ0n) is 12.6. The Kier molecular flexibility index (Phi) is 7.71. The number of nitrogens with one attached hydrogen (secondary N) is 1. The second-order valence-corrected chi connectivity index (χ2v) is 4.76. The summed E-state index contributed by atoms with van der Waals surface area (Å²) in [6.45, 7) is 5.00. The van der Waals surface area contributed by atoms with E-state index in [1.165, 1.54) is 12.1 Å². The van der Waals surface area contributed by atoms with E-state index in [4.69, 9.17) is 14.2 Å². The van der Waals surface area contributed by atoms with Crippen LogP contribution in [-0.4, -0.2) is 38.9 Å². The van der Waals surface area contributed by atoms with Crippen LogP contribution in [0, 0.1) is 5.82 Å². The van der Waals surface area contributed by atoms with E-state index >= 15 is 0 Å². The SMILES string of the molecule is COCCNCc1ccc(OCC(=O)OC(C)C)c(F)c1. The summed E-state index contributed by atoms with van der Waals surface area (Å²) in [6, 6.07) is 4.63. The lowest BCUT2D eigenvalue weighted by Gasteiger charge is -2.11. The lowest BCUT2D eigenvalue weighted by Crippen LogP contribution is -2.19. The molecule has 1 N–H and O–H groups in total. The summed E-state index contributed by atoms with van der Waals surface area (Å²) >= 11 is 0. The number of methoxy groups -OCH3 is 1. The highest BCUT2D eigenvalue weighted by atomic mass is 19.1. The van der Waals surface area contributed by atoms with Crippen LogP contribution in [0.5, 0.6) is 5.75 Å². The summed E-state index contributed by atoms with van der Waals surface area (Å²) < 4.78 is 28.7. The van der Waals surface area contributed by atoms with Gasteiger partial charge in [-0.15, -0.1) is 0 Å². The van der Waals surface area contributed by atoms with Crippen molar-refractivity contribution >= 4 is 5.97 Å². The quantitative estimate of drug-likeness (QED) is 0.557. The number of carbonyl (C=O) groups is 1. The first-order chi connectivity index (χ1) is 10.0. The molecule has 0 aliphatic rings. The maximum absolute atomic E-state index is 13.8. The minimum atomic E-state index is -0.519. The van der Waals surface area contributed by atoms with Crippen molar-refractivity contribution in [3.05, 3.63) is 29.6 Å². The van der Waals surface area contributed by atoms with Crippen LogP contribution >= 0.6 is 0 Å². The van der Waals surface area contributed by atoms with E-state index < -0.39 is 11.8 Å². The zero-order valence-corrected chi connectivity index (χ0v) is 12.6. The maximum atomic E-state index is 13.8. The van der Waals surface area contributed by atoms with Gasteiger partial charge in [0.15, 0.2) is 18.2 Å². The summed E-state index contributed by atoms with van der Waals surface area (Å²) in [7, 11) is 1.62. The van der Waals surface area contributed by atoms with E-state index in [0.717, 1.165) is 5.56 Å². The molecule has 0 heterocycles. The van der Waals surface area contributed by atoms with Gasteiger partial charge in [-0.05, 0) is 31.5 Å². The summed E-state index contributed by atoms with van der Waals surface area (Å²) in [6.07, 6.45) is -0.216. The lowest BCUT2D eigenvalue weighted by atomic mass is 10.2. The van der Waals surface area contributed by atoms with Gasteiger partial charge < -0.3 is 19.5 Å². The Labute approximate surface area is 124 Å². The number of esters is 1. The molecule has 0 unspecified atom stereocenters. The van der Waals surface area contributed by atoms with Crippen LogP contribution in [0.15, 0.2) is 18.2 Å². The van der Waals surface area contributed by atoms with Crippen molar-refractivity contribution in [3.63, 3.8) is 0 Å². The summed E-state index contributed by atoms with van der Waals surface area (Å²) in [5.74, 6) is -0.982. The Hall–Kier alpha value is -1.66. The average Bonchev–Trinajstić information content (AvgIpc) is 2.42. The Bertz CT molecular complexity index is 451. The van der Waals surface area contributed by atoms with Gasteiger partial charge in [0.25, 0.3) is 0 Å². The minimum Gasteiger partial charge on any atom is -0.479 e. The zero-order chi connectivity index (χ0) is 15.7. The molecule has 21 heavy (non-hydrogen) atoms. The average molecular weight is 299 g/mol. The van der Waals surface area contributed by atoms with Gasteiger partial charge in [-0.1, -0.05) is 6.07 Å². The molecule has 1 aromatic rings. The number of rotatable bonds is 9. The Morgan fingerprint density at radius 3 is 2.76 bits per heavy atom. The van der Waals surface area contributed by atoms with Crippen LogP contribution in [0.3, 0.4) is 0 Å². The fraction of sp³-hybridized carbons (Fsp3) is 0.533. The number of hydrogen-bond donors (Lipinski definition) is 1.